The predicted octanol–water partition coefficient (Wildman–Crippen LogP) is 3.53. The van der Waals surface area contributed by atoms with Crippen LogP contribution in [0.1, 0.15) is 31.9 Å². The molecule has 8 heteroatoms. The first-order chi connectivity index (χ1) is 12.3. The highest BCUT2D eigenvalue weighted by Crippen LogP contribution is 2.21. The van der Waals surface area contributed by atoms with Crippen LogP contribution in [-0.4, -0.2) is 20.1 Å². The summed E-state index contributed by atoms with van der Waals surface area (Å²) in [5.41, 5.74) is 8.12. The summed E-state index contributed by atoms with van der Waals surface area (Å²) in [5, 5.41) is 2.81. The van der Waals surface area contributed by atoms with Gasteiger partial charge in [-0.3, -0.25) is 9.52 Å². The maximum atomic E-state index is 12.4. The SMILES string of the molecule is CCCS(=O)(=O)Nc1ccc(NC(=O)C(C)C(N)c2ccccc2)cc1.Cl. The lowest BCUT2D eigenvalue weighted by molar-refractivity contribution is -0.120. The van der Waals surface area contributed by atoms with Crippen LogP contribution < -0.4 is 15.8 Å². The van der Waals surface area contributed by atoms with Gasteiger partial charge in [0, 0.05) is 17.4 Å². The lowest BCUT2D eigenvalue weighted by Crippen LogP contribution is -2.30. The first-order valence-corrected chi connectivity index (χ1v) is 10.2. The Labute approximate surface area is 167 Å². The molecule has 148 valence electrons. The third kappa shape index (κ3) is 6.86. The van der Waals surface area contributed by atoms with Gasteiger partial charge in [-0.05, 0) is 36.2 Å². The number of halogens is 1. The number of hydrogen-bond donors (Lipinski definition) is 3. The van der Waals surface area contributed by atoms with Crippen LogP contribution in [0.5, 0.6) is 0 Å². The molecular formula is C19H26ClN3O3S. The Morgan fingerprint density at radius 1 is 1.04 bits per heavy atom. The van der Waals surface area contributed by atoms with Crippen LogP contribution >= 0.6 is 12.4 Å². The van der Waals surface area contributed by atoms with Crippen LogP contribution in [0, 0.1) is 5.92 Å². The van der Waals surface area contributed by atoms with E-state index in [0.29, 0.717) is 17.8 Å². The van der Waals surface area contributed by atoms with E-state index in [-0.39, 0.29) is 24.1 Å². The Balaban J connectivity index is 0.00000364. The van der Waals surface area contributed by atoms with Gasteiger partial charge in [-0.1, -0.05) is 44.2 Å². The predicted molar refractivity (Wildman–Crippen MR) is 113 cm³/mol. The maximum Gasteiger partial charge on any atom is 0.232 e. The molecule has 0 saturated carbocycles. The Morgan fingerprint density at radius 2 is 1.59 bits per heavy atom. The molecule has 0 aliphatic carbocycles. The molecule has 1 amide bonds. The van der Waals surface area contributed by atoms with Crippen molar-refractivity contribution in [1.29, 1.82) is 0 Å². The van der Waals surface area contributed by atoms with Crippen LogP contribution in [0.25, 0.3) is 0 Å². The third-order valence-corrected chi connectivity index (χ3v) is 5.53. The number of anilines is 2. The molecule has 0 aromatic heterocycles. The number of sulfonamides is 1. The molecule has 0 spiro atoms. The molecule has 2 unspecified atom stereocenters. The molecule has 0 radical (unpaired) electrons. The molecule has 0 fully saturated rings. The molecule has 0 saturated heterocycles. The van der Waals surface area contributed by atoms with Gasteiger partial charge in [0.05, 0.1) is 11.7 Å². The first kappa shape index (κ1) is 23.0. The van der Waals surface area contributed by atoms with Gasteiger partial charge in [0.25, 0.3) is 0 Å². The zero-order valence-corrected chi connectivity index (χ0v) is 17.0. The lowest BCUT2D eigenvalue weighted by Gasteiger charge is -2.20. The van der Waals surface area contributed by atoms with Crippen molar-refractivity contribution in [2.24, 2.45) is 11.7 Å². The van der Waals surface area contributed by atoms with Crippen LogP contribution in [0.4, 0.5) is 11.4 Å². The van der Waals surface area contributed by atoms with Gasteiger partial charge >= 0.3 is 0 Å². The van der Waals surface area contributed by atoms with Gasteiger partial charge in [0.15, 0.2) is 0 Å². The van der Waals surface area contributed by atoms with Crippen molar-refractivity contribution in [1.82, 2.24) is 0 Å². The zero-order valence-electron chi connectivity index (χ0n) is 15.4. The Morgan fingerprint density at radius 3 is 2.15 bits per heavy atom. The zero-order chi connectivity index (χ0) is 19.2. The summed E-state index contributed by atoms with van der Waals surface area (Å²) in [6.45, 7) is 3.58. The smallest absolute Gasteiger partial charge is 0.232 e. The standard InChI is InChI=1S/C19H25N3O3S.ClH/c1-3-13-26(24,25)22-17-11-9-16(10-12-17)21-19(23)14(2)18(20)15-7-5-4-6-8-15;/h4-12,14,18,22H,3,13,20H2,1-2H3,(H,21,23);1H. The van der Waals surface area contributed by atoms with Gasteiger partial charge in [-0.2, -0.15) is 0 Å². The summed E-state index contributed by atoms with van der Waals surface area (Å²) in [5.74, 6) is -0.541. The molecule has 2 rings (SSSR count). The average Bonchev–Trinajstić information content (AvgIpc) is 2.62. The van der Waals surface area contributed by atoms with E-state index in [9.17, 15) is 13.2 Å². The van der Waals surface area contributed by atoms with Gasteiger partial charge in [0.1, 0.15) is 0 Å². The summed E-state index contributed by atoms with van der Waals surface area (Å²) in [6, 6.07) is 15.6. The highest BCUT2D eigenvalue weighted by Gasteiger charge is 2.22. The van der Waals surface area contributed by atoms with Gasteiger partial charge in [-0.15, -0.1) is 12.4 Å². The molecule has 2 aromatic carbocycles. The molecule has 2 atom stereocenters. The molecule has 0 aliphatic heterocycles. The fraction of sp³-hybridized carbons (Fsp3) is 0.316. The van der Waals surface area contributed by atoms with E-state index in [1.807, 2.05) is 30.3 Å². The number of nitrogens with two attached hydrogens (primary N) is 1. The average molecular weight is 412 g/mol. The monoisotopic (exact) mass is 411 g/mol. The summed E-state index contributed by atoms with van der Waals surface area (Å²) < 4.78 is 26.0. The normalized spacial score (nSPS) is 13.1. The molecular weight excluding hydrogens is 386 g/mol. The van der Waals surface area contributed by atoms with Crippen molar-refractivity contribution in [3.8, 4) is 0 Å². The van der Waals surface area contributed by atoms with Crippen molar-refractivity contribution < 1.29 is 13.2 Å². The molecule has 4 N–H and O–H groups in total. The summed E-state index contributed by atoms with van der Waals surface area (Å²) >= 11 is 0. The highest BCUT2D eigenvalue weighted by atomic mass is 35.5. The fourth-order valence-corrected chi connectivity index (χ4v) is 3.64. The van der Waals surface area contributed by atoms with E-state index in [0.717, 1.165) is 5.56 Å². The second-order valence-corrected chi connectivity index (χ2v) is 8.05. The van der Waals surface area contributed by atoms with Crippen LogP contribution in [-0.2, 0) is 14.8 Å². The summed E-state index contributed by atoms with van der Waals surface area (Å²) in [6.07, 6.45) is 0.545. The largest absolute Gasteiger partial charge is 0.326 e. The van der Waals surface area contributed by atoms with Crippen LogP contribution in [0.15, 0.2) is 54.6 Å². The van der Waals surface area contributed by atoms with Crippen molar-refractivity contribution in [3.63, 3.8) is 0 Å². The molecule has 0 aliphatic rings. The van der Waals surface area contributed by atoms with Gasteiger partial charge in [0.2, 0.25) is 15.9 Å². The minimum absolute atomic E-state index is 0. The van der Waals surface area contributed by atoms with Crippen LogP contribution in [0.2, 0.25) is 0 Å². The third-order valence-electron chi connectivity index (χ3n) is 4.04. The quantitative estimate of drug-likeness (QED) is 0.618. The first-order valence-electron chi connectivity index (χ1n) is 8.54. The number of carbonyl (C=O) groups is 1. The number of benzene rings is 2. The Hall–Kier alpha value is -2.09. The van der Waals surface area contributed by atoms with Gasteiger partial charge < -0.3 is 11.1 Å². The molecule has 2 aromatic rings. The second kappa shape index (κ2) is 10.3. The van der Waals surface area contributed by atoms with E-state index in [4.69, 9.17) is 5.73 Å². The van der Waals surface area contributed by atoms with Crippen molar-refractivity contribution in [3.05, 3.63) is 60.2 Å². The van der Waals surface area contributed by atoms with Crippen molar-refractivity contribution >= 4 is 39.7 Å². The van der Waals surface area contributed by atoms with Crippen molar-refractivity contribution in [2.45, 2.75) is 26.3 Å². The van der Waals surface area contributed by atoms with E-state index in [1.54, 1.807) is 38.1 Å². The topological polar surface area (TPSA) is 101 Å². The fourth-order valence-electron chi connectivity index (χ4n) is 2.50. The Kier molecular flexibility index (Phi) is 8.75. The number of carbonyl (C=O) groups excluding carboxylic acids is 1. The lowest BCUT2D eigenvalue weighted by atomic mass is 9.94. The highest BCUT2D eigenvalue weighted by molar-refractivity contribution is 7.92. The second-order valence-electron chi connectivity index (χ2n) is 6.21. The van der Waals surface area contributed by atoms with Crippen molar-refractivity contribution in [2.75, 3.05) is 15.8 Å². The number of hydrogen-bond acceptors (Lipinski definition) is 4. The molecule has 6 nitrogen and oxygen atoms in total. The summed E-state index contributed by atoms with van der Waals surface area (Å²) in [7, 11) is -3.33. The number of amides is 1. The Bertz CT molecular complexity index is 827. The van der Waals surface area contributed by atoms with E-state index < -0.39 is 22.0 Å². The van der Waals surface area contributed by atoms with Gasteiger partial charge in [-0.25, -0.2) is 8.42 Å². The van der Waals surface area contributed by atoms with E-state index in [2.05, 4.69) is 10.0 Å². The molecule has 0 heterocycles. The summed E-state index contributed by atoms with van der Waals surface area (Å²) in [4.78, 5) is 12.4. The van der Waals surface area contributed by atoms with Crippen LogP contribution in [0.3, 0.4) is 0 Å². The number of rotatable bonds is 8. The number of nitrogens with one attached hydrogen (secondary N) is 2. The molecule has 27 heavy (non-hydrogen) atoms. The van der Waals surface area contributed by atoms with E-state index in [1.165, 1.54) is 0 Å². The minimum Gasteiger partial charge on any atom is -0.326 e. The van der Waals surface area contributed by atoms with E-state index >= 15 is 0 Å². The maximum absolute atomic E-state index is 12.4. The minimum atomic E-state index is -3.33. The molecule has 0 bridgehead atoms.